The van der Waals surface area contributed by atoms with E-state index in [9.17, 15) is 0 Å². The Labute approximate surface area is 84.9 Å². The van der Waals surface area contributed by atoms with Gasteiger partial charge < -0.3 is 10.6 Å². The Bertz CT molecular complexity index is 219. The largest absolute Gasteiger partial charge is 0.372 e. The second-order valence-electron chi connectivity index (χ2n) is 3.72. The van der Waals surface area contributed by atoms with Crippen LogP contribution in [0.2, 0.25) is 0 Å². The molecule has 0 aromatic carbocycles. The fraction of sp³-hybridized carbons (Fsp3) is 0.800. The van der Waals surface area contributed by atoms with Gasteiger partial charge in [0.1, 0.15) is 0 Å². The topological polar surface area (TPSA) is 48.8 Å². The zero-order chi connectivity index (χ0) is 9.64. The maximum absolute atomic E-state index is 4.36. The van der Waals surface area contributed by atoms with Crippen LogP contribution in [0.1, 0.15) is 25.7 Å². The normalized spacial score (nSPS) is 20.0. The molecule has 2 rings (SSSR count). The van der Waals surface area contributed by atoms with E-state index in [-0.39, 0.29) is 0 Å². The van der Waals surface area contributed by atoms with Crippen molar-refractivity contribution >= 4 is 11.7 Å². The molecule has 4 heteroatoms. The van der Waals surface area contributed by atoms with Crippen LogP contribution in [0.15, 0.2) is 9.98 Å². The first-order valence-electron chi connectivity index (χ1n) is 5.49. The summed E-state index contributed by atoms with van der Waals surface area (Å²) in [4.78, 5) is 8.73. The molecule has 2 aliphatic rings. The van der Waals surface area contributed by atoms with E-state index in [0.29, 0.717) is 0 Å². The molecular formula is C10H18N4. The monoisotopic (exact) mass is 194 g/mol. The molecular weight excluding hydrogens is 176 g/mol. The van der Waals surface area contributed by atoms with E-state index in [1.807, 2.05) is 0 Å². The minimum atomic E-state index is 0.962. The lowest BCUT2D eigenvalue weighted by atomic mass is 10.2. The van der Waals surface area contributed by atoms with E-state index in [1.54, 1.807) is 0 Å². The van der Waals surface area contributed by atoms with Crippen molar-refractivity contribution in [1.29, 1.82) is 0 Å². The Morgan fingerprint density at radius 1 is 0.857 bits per heavy atom. The predicted molar refractivity (Wildman–Crippen MR) is 59.1 cm³/mol. The number of nitrogens with zero attached hydrogens (tertiary/aromatic N) is 2. The van der Waals surface area contributed by atoms with Crippen LogP contribution in [0, 0.1) is 0 Å². The number of hydrogen-bond acceptors (Lipinski definition) is 4. The zero-order valence-corrected chi connectivity index (χ0v) is 8.55. The first-order valence-corrected chi connectivity index (χ1v) is 5.49. The van der Waals surface area contributed by atoms with E-state index < -0.39 is 0 Å². The predicted octanol–water partition coefficient (Wildman–Crippen LogP) is 0.550. The molecule has 0 spiro atoms. The van der Waals surface area contributed by atoms with Crippen LogP contribution in [0.5, 0.6) is 0 Å². The van der Waals surface area contributed by atoms with Crippen molar-refractivity contribution in [1.82, 2.24) is 10.6 Å². The molecule has 14 heavy (non-hydrogen) atoms. The highest BCUT2D eigenvalue weighted by molar-refractivity contribution is 5.84. The summed E-state index contributed by atoms with van der Waals surface area (Å²) in [6.45, 7) is 3.99. The maximum atomic E-state index is 4.36. The van der Waals surface area contributed by atoms with Crippen LogP contribution in [0.3, 0.4) is 0 Å². The molecule has 0 saturated heterocycles. The number of hydrogen-bond donors (Lipinski definition) is 2. The van der Waals surface area contributed by atoms with E-state index in [1.165, 1.54) is 24.5 Å². The Hall–Kier alpha value is -1.06. The summed E-state index contributed by atoms with van der Waals surface area (Å²) in [7, 11) is 0. The molecule has 2 N–H and O–H groups in total. The summed E-state index contributed by atoms with van der Waals surface area (Å²) in [5.74, 6) is 2.40. The van der Waals surface area contributed by atoms with Gasteiger partial charge in [-0.3, -0.25) is 9.98 Å². The Morgan fingerprint density at radius 2 is 1.36 bits per heavy atom. The number of nitrogens with one attached hydrogen (secondary N) is 2. The van der Waals surface area contributed by atoms with Gasteiger partial charge in [0.25, 0.3) is 0 Å². The molecule has 2 heterocycles. The van der Waals surface area contributed by atoms with E-state index in [0.717, 1.165) is 39.0 Å². The highest BCUT2D eigenvalue weighted by Crippen LogP contribution is 2.04. The van der Waals surface area contributed by atoms with E-state index >= 15 is 0 Å². The summed E-state index contributed by atoms with van der Waals surface area (Å²) in [5, 5.41) is 6.58. The molecule has 0 unspecified atom stereocenters. The molecule has 4 nitrogen and oxygen atoms in total. The van der Waals surface area contributed by atoms with Crippen LogP contribution in [-0.4, -0.2) is 37.9 Å². The molecule has 0 aromatic rings. The number of aliphatic imine (C=N–C) groups is 2. The lowest BCUT2D eigenvalue weighted by molar-refractivity contribution is 0.774. The van der Waals surface area contributed by atoms with Crippen molar-refractivity contribution in [3.05, 3.63) is 0 Å². The third-order valence-electron chi connectivity index (χ3n) is 2.56. The van der Waals surface area contributed by atoms with Crippen LogP contribution < -0.4 is 10.6 Å². The highest BCUT2D eigenvalue weighted by atomic mass is 15.1. The minimum Gasteiger partial charge on any atom is -0.372 e. The molecule has 0 atom stereocenters. The average molecular weight is 194 g/mol. The van der Waals surface area contributed by atoms with Crippen LogP contribution in [0.25, 0.3) is 0 Å². The molecule has 0 bridgehead atoms. The minimum absolute atomic E-state index is 0.962. The molecule has 0 saturated carbocycles. The van der Waals surface area contributed by atoms with Crippen molar-refractivity contribution in [3.8, 4) is 0 Å². The first-order chi connectivity index (χ1) is 6.95. The SMILES string of the molecule is C(CCC1=NCCN1)CC1=NCCN1. The number of rotatable bonds is 5. The van der Waals surface area contributed by atoms with Crippen molar-refractivity contribution in [2.75, 3.05) is 26.2 Å². The summed E-state index contributed by atoms with van der Waals surface area (Å²) >= 11 is 0. The van der Waals surface area contributed by atoms with Gasteiger partial charge in [0, 0.05) is 25.9 Å². The van der Waals surface area contributed by atoms with Gasteiger partial charge in [0.05, 0.1) is 24.8 Å². The molecule has 0 amide bonds. The zero-order valence-electron chi connectivity index (χ0n) is 8.55. The number of amidine groups is 2. The average Bonchev–Trinajstić information content (AvgIpc) is 2.86. The van der Waals surface area contributed by atoms with Crippen molar-refractivity contribution in [2.24, 2.45) is 9.98 Å². The fourth-order valence-corrected chi connectivity index (χ4v) is 1.81. The summed E-state index contributed by atoms with van der Waals surface area (Å²) in [5.41, 5.74) is 0. The second-order valence-corrected chi connectivity index (χ2v) is 3.72. The Kier molecular flexibility index (Phi) is 3.38. The summed E-state index contributed by atoms with van der Waals surface area (Å²) < 4.78 is 0. The molecule has 0 aromatic heterocycles. The van der Waals surface area contributed by atoms with E-state index in [2.05, 4.69) is 20.6 Å². The molecule has 78 valence electrons. The Balaban J connectivity index is 1.54. The summed E-state index contributed by atoms with van der Waals surface area (Å²) in [6, 6.07) is 0. The van der Waals surface area contributed by atoms with Gasteiger partial charge in [0.2, 0.25) is 0 Å². The molecule has 0 aliphatic carbocycles. The van der Waals surface area contributed by atoms with Gasteiger partial charge in [-0.05, 0) is 12.8 Å². The summed E-state index contributed by atoms with van der Waals surface area (Å²) in [6.07, 6.45) is 4.64. The maximum Gasteiger partial charge on any atom is 0.0964 e. The number of unbranched alkanes of at least 4 members (excludes halogenated alkanes) is 1. The first kappa shape index (κ1) is 9.49. The molecule has 2 aliphatic heterocycles. The lowest BCUT2D eigenvalue weighted by Gasteiger charge is -2.03. The van der Waals surface area contributed by atoms with E-state index in [4.69, 9.17) is 0 Å². The lowest BCUT2D eigenvalue weighted by Crippen LogP contribution is -2.19. The smallest absolute Gasteiger partial charge is 0.0964 e. The fourth-order valence-electron chi connectivity index (χ4n) is 1.81. The molecule has 0 radical (unpaired) electrons. The van der Waals surface area contributed by atoms with Gasteiger partial charge in [-0.25, -0.2) is 0 Å². The second kappa shape index (κ2) is 4.98. The Morgan fingerprint density at radius 3 is 1.71 bits per heavy atom. The van der Waals surface area contributed by atoms with Gasteiger partial charge in [-0.15, -0.1) is 0 Å². The third kappa shape index (κ3) is 2.72. The van der Waals surface area contributed by atoms with Gasteiger partial charge in [0.15, 0.2) is 0 Å². The molecule has 0 fully saturated rings. The van der Waals surface area contributed by atoms with Gasteiger partial charge >= 0.3 is 0 Å². The highest BCUT2D eigenvalue weighted by Gasteiger charge is 2.06. The van der Waals surface area contributed by atoms with Crippen molar-refractivity contribution < 1.29 is 0 Å². The van der Waals surface area contributed by atoms with Gasteiger partial charge in [-0.2, -0.15) is 0 Å². The van der Waals surface area contributed by atoms with Crippen LogP contribution in [-0.2, 0) is 0 Å². The van der Waals surface area contributed by atoms with Crippen molar-refractivity contribution in [2.45, 2.75) is 25.7 Å². The van der Waals surface area contributed by atoms with Crippen molar-refractivity contribution in [3.63, 3.8) is 0 Å². The van der Waals surface area contributed by atoms with Crippen LogP contribution >= 0.6 is 0 Å². The van der Waals surface area contributed by atoms with Gasteiger partial charge in [-0.1, -0.05) is 0 Å². The standard InChI is InChI=1S/C10H18N4/c1(3-9-11-5-6-12-9)2-4-10-13-7-8-14-10/h1-8H2,(H,11,12)(H,13,14). The third-order valence-corrected chi connectivity index (χ3v) is 2.56. The van der Waals surface area contributed by atoms with Crippen LogP contribution in [0.4, 0.5) is 0 Å². The quantitative estimate of drug-likeness (QED) is 0.628.